The summed E-state index contributed by atoms with van der Waals surface area (Å²) in [6, 6.07) is 6.31. The molecule has 2 heterocycles. The summed E-state index contributed by atoms with van der Waals surface area (Å²) < 4.78 is 54.6. The van der Waals surface area contributed by atoms with Crippen molar-refractivity contribution in [3.05, 3.63) is 64.6 Å². The Balaban J connectivity index is 1.45. The van der Waals surface area contributed by atoms with Gasteiger partial charge >= 0.3 is 0 Å². The molecule has 0 N–H and O–H groups in total. The summed E-state index contributed by atoms with van der Waals surface area (Å²) in [5.74, 6) is 0.135. The Hall–Kier alpha value is -2.82. The lowest BCUT2D eigenvalue weighted by molar-refractivity contribution is 0.158. The van der Waals surface area contributed by atoms with Crippen molar-refractivity contribution in [3.8, 4) is 5.69 Å². The lowest BCUT2D eigenvalue weighted by Crippen LogP contribution is -2.42. The maximum atomic E-state index is 13.7. The summed E-state index contributed by atoms with van der Waals surface area (Å²) in [7, 11) is -2.24. The number of benzene rings is 1. The highest BCUT2D eigenvalue weighted by Crippen LogP contribution is 2.53. The molecule has 8 nitrogen and oxygen atoms in total. The van der Waals surface area contributed by atoms with Gasteiger partial charge in [0.1, 0.15) is 16.4 Å². The second-order valence-electron chi connectivity index (χ2n) is 9.95. The van der Waals surface area contributed by atoms with Crippen LogP contribution < -0.4 is 0 Å². The Morgan fingerprint density at radius 2 is 2.03 bits per heavy atom. The highest BCUT2D eigenvalue weighted by atomic mass is 32.2. The Morgan fingerprint density at radius 1 is 1.28 bits per heavy atom. The largest absolute Gasteiger partial charge is 0.383 e. The van der Waals surface area contributed by atoms with Gasteiger partial charge in [0.25, 0.3) is 0 Å². The van der Waals surface area contributed by atoms with Crippen LogP contribution >= 0.6 is 0 Å². The zero-order valence-corrected chi connectivity index (χ0v) is 21.8. The fraction of sp³-hybridized carbons (Fsp3) is 0.462. The zero-order valence-electron chi connectivity index (χ0n) is 21.0. The first-order chi connectivity index (χ1) is 17.1. The van der Waals surface area contributed by atoms with E-state index >= 15 is 0 Å². The van der Waals surface area contributed by atoms with E-state index in [0.717, 1.165) is 36.2 Å². The number of halogens is 1. The van der Waals surface area contributed by atoms with Gasteiger partial charge in [-0.05, 0) is 80.3 Å². The number of rotatable bonds is 8. The molecule has 2 atom stereocenters. The maximum Gasteiger partial charge on any atom is 0.248 e. The van der Waals surface area contributed by atoms with E-state index in [-0.39, 0.29) is 28.6 Å². The first kappa shape index (κ1) is 24.9. The number of fused-ring (bicyclic) bond motifs is 2. The second-order valence-corrected chi connectivity index (χ2v) is 11.8. The van der Waals surface area contributed by atoms with E-state index in [1.54, 1.807) is 33.1 Å². The molecule has 1 fully saturated rings. The van der Waals surface area contributed by atoms with Crippen LogP contribution in [-0.2, 0) is 21.2 Å². The Morgan fingerprint density at radius 3 is 2.69 bits per heavy atom. The number of allylic oxidation sites excluding steroid dienone is 1. The number of hydrogen-bond donors (Lipinski definition) is 0. The molecule has 0 unspecified atom stereocenters. The molecule has 10 heteroatoms. The van der Waals surface area contributed by atoms with Crippen LogP contribution in [0.15, 0.2) is 45.5 Å². The van der Waals surface area contributed by atoms with Gasteiger partial charge in [0.05, 0.1) is 24.2 Å². The van der Waals surface area contributed by atoms with Crippen molar-refractivity contribution < 1.29 is 22.1 Å². The number of ether oxygens (including phenoxy) is 1. The van der Waals surface area contributed by atoms with Crippen LogP contribution in [0.2, 0.25) is 0 Å². The average Bonchev–Trinajstić information content (AvgIpc) is 3.49. The molecule has 36 heavy (non-hydrogen) atoms. The first-order valence-corrected chi connectivity index (χ1v) is 13.5. The van der Waals surface area contributed by atoms with Gasteiger partial charge in [0.15, 0.2) is 5.76 Å². The Labute approximate surface area is 210 Å². The molecule has 0 aliphatic heterocycles. The summed E-state index contributed by atoms with van der Waals surface area (Å²) in [6.45, 7) is 6.43. The van der Waals surface area contributed by atoms with Crippen molar-refractivity contribution >= 4 is 16.1 Å². The third-order valence-electron chi connectivity index (χ3n) is 7.76. The minimum atomic E-state index is -3.81. The van der Waals surface area contributed by atoms with Crippen molar-refractivity contribution in [2.75, 3.05) is 26.8 Å². The molecule has 0 bridgehead atoms. The molecule has 0 saturated heterocycles. The van der Waals surface area contributed by atoms with Crippen molar-refractivity contribution in [1.82, 2.24) is 19.2 Å². The highest BCUT2D eigenvalue weighted by molar-refractivity contribution is 7.89. The van der Waals surface area contributed by atoms with Crippen LogP contribution in [0.1, 0.15) is 42.5 Å². The van der Waals surface area contributed by atoms with E-state index in [1.807, 2.05) is 10.9 Å². The van der Waals surface area contributed by atoms with Gasteiger partial charge in [-0.1, -0.05) is 17.7 Å². The van der Waals surface area contributed by atoms with E-state index < -0.39 is 10.0 Å². The molecule has 1 saturated carbocycles. The van der Waals surface area contributed by atoms with Crippen molar-refractivity contribution in [2.24, 2.45) is 11.3 Å². The van der Waals surface area contributed by atoms with Crippen molar-refractivity contribution in [2.45, 2.75) is 44.9 Å². The normalized spacial score (nSPS) is 21.5. The summed E-state index contributed by atoms with van der Waals surface area (Å²) >= 11 is 0. The third kappa shape index (κ3) is 4.10. The smallest absolute Gasteiger partial charge is 0.248 e. The lowest BCUT2D eigenvalue weighted by atomic mass is 9.70. The molecule has 0 amide bonds. The molecular formula is C26H31FN4O4S. The highest BCUT2D eigenvalue weighted by Gasteiger charge is 2.47. The number of aryl methyl sites for hydroxylation is 2. The first-order valence-electron chi connectivity index (χ1n) is 12.1. The molecule has 1 aromatic carbocycles. The molecule has 0 radical (unpaired) electrons. The summed E-state index contributed by atoms with van der Waals surface area (Å²) in [5, 5.41) is 8.45. The quantitative estimate of drug-likeness (QED) is 0.445. The number of methoxy groups -OCH3 is 1. The van der Waals surface area contributed by atoms with Crippen LogP contribution in [-0.4, -0.2) is 54.5 Å². The maximum absolute atomic E-state index is 13.7. The molecule has 2 aliphatic carbocycles. The van der Waals surface area contributed by atoms with E-state index in [1.165, 1.54) is 22.0 Å². The van der Waals surface area contributed by atoms with Crippen LogP contribution in [0.5, 0.6) is 0 Å². The van der Waals surface area contributed by atoms with Gasteiger partial charge in [0, 0.05) is 20.2 Å². The minimum Gasteiger partial charge on any atom is -0.383 e. The number of nitrogens with zero attached hydrogens (tertiary/aromatic N) is 4. The molecule has 5 rings (SSSR count). The molecule has 0 spiro atoms. The minimum absolute atomic E-state index is 0.123. The zero-order chi connectivity index (χ0) is 25.7. The Kier molecular flexibility index (Phi) is 6.38. The monoisotopic (exact) mass is 514 g/mol. The summed E-state index contributed by atoms with van der Waals surface area (Å²) in [6.07, 6.45) is 6.60. The predicted molar refractivity (Wildman–Crippen MR) is 133 cm³/mol. The topological polar surface area (TPSA) is 90.5 Å². The molecule has 2 aromatic heterocycles. The third-order valence-corrected chi connectivity index (χ3v) is 9.87. The summed E-state index contributed by atoms with van der Waals surface area (Å²) in [5.41, 5.74) is 4.39. The van der Waals surface area contributed by atoms with E-state index in [0.29, 0.717) is 24.6 Å². The van der Waals surface area contributed by atoms with Gasteiger partial charge in [-0.25, -0.2) is 17.5 Å². The van der Waals surface area contributed by atoms with E-state index in [2.05, 4.69) is 23.3 Å². The molecule has 3 aromatic rings. The molecular weight excluding hydrogens is 483 g/mol. The SMILES string of the molecule is COCCN(C[C@H]1CCC2=Cc3c(cnn3-c3ccc(F)cc3)C[C@@]21C)S(=O)(=O)c1c(C)noc1C. The van der Waals surface area contributed by atoms with E-state index in [9.17, 15) is 12.8 Å². The standard InChI is InChI=1S/C26H31FN4O4S/c1-17-25(18(2)35-29-17)36(32,33)30(11-12-34-4)16-21-6-5-20-13-24-19(14-26(20,21)3)15-28-31(24)23-9-7-22(27)8-10-23/h7-10,13,15,21H,5-6,11-12,14,16H2,1-4H3/t21-,26+/m1/s1. The van der Waals surface area contributed by atoms with Gasteiger partial charge in [-0.15, -0.1) is 0 Å². The van der Waals surface area contributed by atoms with Crippen LogP contribution in [0.4, 0.5) is 4.39 Å². The van der Waals surface area contributed by atoms with Crippen molar-refractivity contribution in [3.63, 3.8) is 0 Å². The van der Waals surface area contributed by atoms with E-state index in [4.69, 9.17) is 9.26 Å². The second kappa shape index (κ2) is 9.24. The van der Waals surface area contributed by atoms with Gasteiger partial charge < -0.3 is 9.26 Å². The van der Waals surface area contributed by atoms with Crippen molar-refractivity contribution in [1.29, 1.82) is 0 Å². The van der Waals surface area contributed by atoms with Crippen LogP contribution in [0.3, 0.4) is 0 Å². The Bertz CT molecular complexity index is 1390. The lowest BCUT2D eigenvalue weighted by Gasteiger charge is -2.38. The van der Waals surface area contributed by atoms with Crippen LogP contribution in [0, 0.1) is 31.0 Å². The van der Waals surface area contributed by atoms with Gasteiger partial charge in [-0.3, -0.25) is 0 Å². The number of aromatic nitrogens is 3. The number of sulfonamides is 1. The fourth-order valence-electron chi connectivity index (χ4n) is 5.73. The molecule has 2 aliphatic rings. The van der Waals surface area contributed by atoms with Gasteiger partial charge in [-0.2, -0.15) is 9.40 Å². The van der Waals surface area contributed by atoms with Crippen LogP contribution in [0.25, 0.3) is 11.8 Å². The summed E-state index contributed by atoms with van der Waals surface area (Å²) in [4.78, 5) is 0.143. The number of hydrogen-bond acceptors (Lipinski definition) is 6. The predicted octanol–water partition coefficient (Wildman–Crippen LogP) is 4.31. The fourth-order valence-corrected chi connectivity index (χ4v) is 7.50. The van der Waals surface area contributed by atoms with Gasteiger partial charge in [0.2, 0.25) is 10.0 Å². The molecule has 192 valence electrons. The average molecular weight is 515 g/mol.